The third kappa shape index (κ3) is 4.56. The van der Waals surface area contributed by atoms with Crippen molar-refractivity contribution in [2.45, 2.75) is 13.3 Å². The van der Waals surface area contributed by atoms with Gasteiger partial charge in [0.15, 0.2) is 0 Å². The molecule has 3 nitrogen and oxygen atoms in total. The minimum Gasteiger partial charge on any atom is -0.481 e. The molecule has 0 aliphatic heterocycles. The average molecular weight is 125 g/mol. The lowest BCUT2D eigenvalue weighted by Gasteiger charge is -1.88. The zero-order valence-corrected chi connectivity index (χ0v) is 5.09. The van der Waals surface area contributed by atoms with Crippen LogP contribution in [0.2, 0.25) is 0 Å². The maximum Gasteiger partial charge on any atom is 0.307 e. The van der Waals surface area contributed by atoms with Crippen molar-refractivity contribution in [3.05, 3.63) is 11.6 Å². The summed E-state index contributed by atoms with van der Waals surface area (Å²) in [4.78, 5) is 9.93. The second kappa shape index (κ2) is 3.67. The van der Waals surface area contributed by atoms with Crippen molar-refractivity contribution in [3.8, 4) is 6.07 Å². The fourth-order valence-corrected chi connectivity index (χ4v) is 0.400. The third-order valence-electron chi connectivity index (χ3n) is 0.741. The molecule has 0 unspecified atom stereocenters. The molecule has 0 heterocycles. The first kappa shape index (κ1) is 7.70. The summed E-state index contributed by atoms with van der Waals surface area (Å²) in [6, 6.07) is 1.75. The van der Waals surface area contributed by atoms with Crippen LogP contribution in [-0.4, -0.2) is 11.1 Å². The standard InChI is InChI=1S/C6H7NO2/c1-5(2-3-7)4-6(8)9/h2H,4H2,1H3,(H,8,9). The Kier molecular flexibility index (Phi) is 3.14. The molecular weight excluding hydrogens is 118 g/mol. The van der Waals surface area contributed by atoms with Gasteiger partial charge in [-0.15, -0.1) is 0 Å². The highest BCUT2D eigenvalue weighted by Crippen LogP contribution is 1.96. The van der Waals surface area contributed by atoms with Crippen LogP contribution >= 0.6 is 0 Å². The van der Waals surface area contributed by atoms with Crippen LogP contribution < -0.4 is 0 Å². The van der Waals surface area contributed by atoms with E-state index in [-0.39, 0.29) is 6.42 Å². The van der Waals surface area contributed by atoms with Gasteiger partial charge in [-0.2, -0.15) is 5.26 Å². The van der Waals surface area contributed by atoms with Gasteiger partial charge in [0.1, 0.15) is 0 Å². The van der Waals surface area contributed by atoms with Crippen molar-refractivity contribution < 1.29 is 9.90 Å². The van der Waals surface area contributed by atoms with Crippen molar-refractivity contribution in [2.75, 3.05) is 0 Å². The van der Waals surface area contributed by atoms with Crippen LogP contribution in [0.25, 0.3) is 0 Å². The number of rotatable bonds is 2. The molecule has 0 amide bonds. The fourth-order valence-electron chi connectivity index (χ4n) is 0.400. The number of aliphatic carboxylic acids is 1. The van der Waals surface area contributed by atoms with Crippen molar-refractivity contribution in [1.29, 1.82) is 5.26 Å². The van der Waals surface area contributed by atoms with Crippen LogP contribution in [0, 0.1) is 11.3 Å². The number of hydrogen-bond donors (Lipinski definition) is 1. The summed E-state index contributed by atoms with van der Waals surface area (Å²) in [5.74, 6) is -0.904. The van der Waals surface area contributed by atoms with Crippen molar-refractivity contribution in [3.63, 3.8) is 0 Å². The highest BCUT2D eigenvalue weighted by atomic mass is 16.4. The van der Waals surface area contributed by atoms with E-state index >= 15 is 0 Å². The molecule has 0 spiro atoms. The molecule has 0 aromatic heterocycles. The molecule has 0 rings (SSSR count). The lowest BCUT2D eigenvalue weighted by atomic mass is 10.2. The largest absolute Gasteiger partial charge is 0.481 e. The van der Waals surface area contributed by atoms with E-state index < -0.39 is 5.97 Å². The van der Waals surface area contributed by atoms with E-state index in [0.717, 1.165) is 0 Å². The highest BCUT2D eigenvalue weighted by molar-refractivity contribution is 5.69. The van der Waals surface area contributed by atoms with Gasteiger partial charge in [0.2, 0.25) is 0 Å². The number of carboxylic acid groups (broad SMARTS) is 1. The van der Waals surface area contributed by atoms with Crippen LogP contribution in [0.15, 0.2) is 11.6 Å². The Morgan fingerprint density at radius 2 is 2.44 bits per heavy atom. The van der Waals surface area contributed by atoms with Gasteiger partial charge in [0, 0.05) is 6.08 Å². The summed E-state index contributed by atoms with van der Waals surface area (Å²) in [6.07, 6.45) is 1.18. The van der Waals surface area contributed by atoms with E-state index in [2.05, 4.69) is 0 Å². The normalized spacial score (nSPS) is 10.4. The Morgan fingerprint density at radius 1 is 1.89 bits per heavy atom. The number of allylic oxidation sites excluding steroid dienone is 1. The van der Waals surface area contributed by atoms with Crippen molar-refractivity contribution in [2.24, 2.45) is 0 Å². The molecule has 0 aliphatic rings. The van der Waals surface area contributed by atoms with E-state index in [1.165, 1.54) is 6.08 Å². The Bertz CT molecular complexity index is 176. The van der Waals surface area contributed by atoms with E-state index in [4.69, 9.17) is 10.4 Å². The topological polar surface area (TPSA) is 61.1 Å². The predicted molar refractivity (Wildman–Crippen MR) is 31.6 cm³/mol. The molecule has 0 aromatic rings. The fraction of sp³-hybridized carbons (Fsp3) is 0.333. The van der Waals surface area contributed by atoms with Crippen LogP contribution in [0.1, 0.15) is 13.3 Å². The average Bonchev–Trinajstić information content (AvgIpc) is 1.63. The molecule has 0 bridgehead atoms. The first-order valence-electron chi connectivity index (χ1n) is 2.44. The maximum absolute atomic E-state index is 9.93. The summed E-state index contributed by atoms with van der Waals surface area (Å²) in [6.45, 7) is 1.61. The quantitative estimate of drug-likeness (QED) is 0.558. The molecular formula is C6H7NO2. The first-order chi connectivity index (χ1) is 4.16. The van der Waals surface area contributed by atoms with Gasteiger partial charge in [-0.25, -0.2) is 0 Å². The van der Waals surface area contributed by atoms with Gasteiger partial charge in [0.25, 0.3) is 0 Å². The molecule has 0 radical (unpaired) electrons. The summed E-state index contributed by atoms with van der Waals surface area (Å²) >= 11 is 0. The highest BCUT2D eigenvalue weighted by Gasteiger charge is 1.95. The molecule has 0 aromatic carbocycles. The Hall–Kier alpha value is -1.30. The van der Waals surface area contributed by atoms with Gasteiger partial charge < -0.3 is 5.11 Å². The van der Waals surface area contributed by atoms with Gasteiger partial charge in [-0.3, -0.25) is 4.79 Å². The predicted octanol–water partition coefficient (Wildman–Crippen LogP) is 0.931. The molecule has 3 heteroatoms. The number of carbonyl (C=O) groups is 1. The molecule has 0 saturated carbocycles. The summed E-state index contributed by atoms with van der Waals surface area (Å²) in [5.41, 5.74) is 0.574. The monoisotopic (exact) mass is 125 g/mol. The Balaban J connectivity index is 3.80. The lowest BCUT2D eigenvalue weighted by Crippen LogP contribution is -1.93. The maximum atomic E-state index is 9.93. The second-order valence-corrected chi connectivity index (χ2v) is 1.69. The summed E-state index contributed by atoms with van der Waals surface area (Å²) in [7, 11) is 0. The number of nitriles is 1. The van der Waals surface area contributed by atoms with Crippen molar-refractivity contribution >= 4 is 5.97 Å². The van der Waals surface area contributed by atoms with Gasteiger partial charge in [-0.05, 0) is 6.92 Å². The van der Waals surface area contributed by atoms with E-state index in [1.54, 1.807) is 13.0 Å². The minimum atomic E-state index is -0.904. The van der Waals surface area contributed by atoms with Crippen LogP contribution in [-0.2, 0) is 4.79 Å². The Morgan fingerprint density at radius 3 is 2.78 bits per heavy atom. The Labute approximate surface area is 53.2 Å². The van der Waals surface area contributed by atoms with Crippen molar-refractivity contribution in [1.82, 2.24) is 0 Å². The zero-order valence-electron chi connectivity index (χ0n) is 5.09. The van der Waals surface area contributed by atoms with E-state index in [9.17, 15) is 4.79 Å². The third-order valence-corrected chi connectivity index (χ3v) is 0.741. The van der Waals surface area contributed by atoms with E-state index in [1.807, 2.05) is 0 Å². The lowest BCUT2D eigenvalue weighted by molar-refractivity contribution is -0.136. The second-order valence-electron chi connectivity index (χ2n) is 1.69. The number of carboxylic acids is 1. The smallest absolute Gasteiger partial charge is 0.307 e. The van der Waals surface area contributed by atoms with Gasteiger partial charge in [0.05, 0.1) is 12.5 Å². The van der Waals surface area contributed by atoms with Crippen LogP contribution in [0.5, 0.6) is 0 Å². The van der Waals surface area contributed by atoms with Gasteiger partial charge in [-0.1, -0.05) is 5.57 Å². The molecule has 0 aliphatic carbocycles. The molecule has 0 saturated heterocycles. The summed E-state index contributed by atoms with van der Waals surface area (Å²) < 4.78 is 0. The van der Waals surface area contributed by atoms with Crippen LogP contribution in [0.3, 0.4) is 0 Å². The first-order valence-corrected chi connectivity index (χ1v) is 2.44. The number of hydrogen-bond acceptors (Lipinski definition) is 2. The molecule has 0 atom stereocenters. The molecule has 9 heavy (non-hydrogen) atoms. The summed E-state index contributed by atoms with van der Waals surface area (Å²) in [5, 5.41) is 16.2. The molecule has 1 N–H and O–H groups in total. The zero-order chi connectivity index (χ0) is 7.28. The SMILES string of the molecule is CC(=CC#N)CC(=O)O. The minimum absolute atomic E-state index is 0.0481. The number of nitrogens with zero attached hydrogens (tertiary/aromatic N) is 1. The molecule has 48 valence electrons. The van der Waals surface area contributed by atoms with E-state index in [0.29, 0.717) is 5.57 Å². The molecule has 0 fully saturated rings. The van der Waals surface area contributed by atoms with Gasteiger partial charge >= 0.3 is 5.97 Å². The van der Waals surface area contributed by atoms with Crippen LogP contribution in [0.4, 0.5) is 0 Å².